The number of amides is 1. The molecule has 0 aliphatic heterocycles. The zero-order valence-corrected chi connectivity index (χ0v) is 11.1. The molecule has 100 valence electrons. The lowest BCUT2D eigenvalue weighted by Crippen LogP contribution is -2.29. The Hall–Kier alpha value is -2.24. The van der Waals surface area contributed by atoms with Gasteiger partial charge < -0.3 is 5.32 Å². The van der Waals surface area contributed by atoms with Crippen LogP contribution in [0.2, 0.25) is 0 Å². The van der Waals surface area contributed by atoms with E-state index in [1.165, 1.54) is 10.4 Å². The second-order valence-corrected chi connectivity index (χ2v) is 4.36. The summed E-state index contributed by atoms with van der Waals surface area (Å²) in [6.07, 6.45) is 0.908. The van der Waals surface area contributed by atoms with E-state index in [9.17, 15) is 4.79 Å². The average Bonchev–Trinajstić information content (AvgIpc) is 2.85. The smallest absolute Gasteiger partial charge is 0.243 e. The van der Waals surface area contributed by atoms with Crippen LogP contribution in [0.1, 0.15) is 18.9 Å². The van der Waals surface area contributed by atoms with Crippen LogP contribution in [0.3, 0.4) is 0 Å². The molecular weight excluding hydrogens is 242 g/mol. The molecule has 0 fully saturated rings. The van der Waals surface area contributed by atoms with Crippen molar-refractivity contribution in [2.24, 2.45) is 0 Å². The number of aryl methyl sites for hydroxylation is 1. The van der Waals surface area contributed by atoms with Gasteiger partial charge in [0.15, 0.2) is 0 Å². The average molecular weight is 259 g/mol. The summed E-state index contributed by atoms with van der Waals surface area (Å²) < 4.78 is 0. The minimum absolute atomic E-state index is 0.0961. The Morgan fingerprint density at radius 2 is 2.05 bits per heavy atom. The number of carbonyl (C=O) groups excluding carboxylic acids is 1. The Morgan fingerprint density at radius 1 is 1.32 bits per heavy atom. The Bertz CT molecular complexity index is 546. The van der Waals surface area contributed by atoms with Crippen molar-refractivity contribution in [3.63, 3.8) is 0 Å². The number of rotatable bonds is 5. The lowest BCUT2D eigenvalue weighted by molar-refractivity contribution is -0.122. The first-order valence-corrected chi connectivity index (χ1v) is 6.30. The number of hydrogen-bond acceptors (Lipinski definition) is 4. The van der Waals surface area contributed by atoms with Crippen LogP contribution in [0.5, 0.6) is 0 Å². The van der Waals surface area contributed by atoms with Crippen LogP contribution in [-0.2, 0) is 11.3 Å². The van der Waals surface area contributed by atoms with Crippen LogP contribution in [0.4, 0.5) is 0 Å². The van der Waals surface area contributed by atoms with E-state index >= 15 is 0 Å². The van der Waals surface area contributed by atoms with Gasteiger partial charge in [-0.05, 0) is 18.6 Å². The Labute approximate surface area is 111 Å². The summed E-state index contributed by atoms with van der Waals surface area (Å²) >= 11 is 0. The Balaban J connectivity index is 2.02. The molecule has 0 radical (unpaired) electrons. The SMILES string of the molecule is CCCNC(=O)Cn1nnc(-c2ccc(C)cc2)n1. The molecule has 0 aliphatic carbocycles. The van der Waals surface area contributed by atoms with Crippen LogP contribution >= 0.6 is 0 Å². The molecule has 0 unspecified atom stereocenters. The maximum atomic E-state index is 11.5. The normalized spacial score (nSPS) is 10.4. The third-order valence-corrected chi connectivity index (χ3v) is 2.62. The van der Waals surface area contributed by atoms with Gasteiger partial charge in [0.05, 0.1) is 0 Å². The van der Waals surface area contributed by atoms with Gasteiger partial charge >= 0.3 is 0 Å². The number of hydrogen-bond donors (Lipinski definition) is 1. The standard InChI is InChI=1S/C13H17N5O/c1-3-8-14-12(19)9-18-16-13(15-17-18)11-6-4-10(2)5-7-11/h4-7H,3,8-9H2,1-2H3,(H,14,19). The van der Waals surface area contributed by atoms with Crippen molar-refractivity contribution in [2.75, 3.05) is 6.54 Å². The van der Waals surface area contributed by atoms with Crippen molar-refractivity contribution < 1.29 is 4.79 Å². The topological polar surface area (TPSA) is 72.7 Å². The van der Waals surface area contributed by atoms with Crippen LogP contribution in [0, 0.1) is 6.92 Å². The number of nitrogens with one attached hydrogen (secondary N) is 1. The third kappa shape index (κ3) is 3.61. The van der Waals surface area contributed by atoms with E-state index in [1.54, 1.807) is 0 Å². The maximum absolute atomic E-state index is 11.5. The predicted molar refractivity (Wildman–Crippen MR) is 71.3 cm³/mol. The summed E-state index contributed by atoms with van der Waals surface area (Å²) in [4.78, 5) is 12.8. The molecule has 6 heteroatoms. The van der Waals surface area contributed by atoms with E-state index in [0.717, 1.165) is 12.0 Å². The highest BCUT2D eigenvalue weighted by molar-refractivity contribution is 5.75. The number of tetrazole rings is 1. The predicted octanol–water partition coefficient (Wildman–Crippen LogP) is 1.17. The molecule has 6 nitrogen and oxygen atoms in total. The lowest BCUT2D eigenvalue weighted by Gasteiger charge is -2.01. The van der Waals surface area contributed by atoms with Gasteiger partial charge in [-0.15, -0.1) is 10.2 Å². The number of aromatic nitrogens is 4. The van der Waals surface area contributed by atoms with E-state index in [-0.39, 0.29) is 12.5 Å². The fourth-order valence-electron chi connectivity index (χ4n) is 1.58. The summed E-state index contributed by atoms with van der Waals surface area (Å²) in [6.45, 7) is 4.78. The second kappa shape index (κ2) is 6.08. The van der Waals surface area contributed by atoms with Crippen LogP contribution < -0.4 is 5.32 Å². The molecule has 2 rings (SSSR count). The van der Waals surface area contributed by atoms with Gasteiger partial charge in [0, 0.05) is 12.1 Å². The Kier molecular flexibility index (Phi) is 4.22. The number of nitrogens with zero attached hydrogens (tertiary/aromatic N) is 4. The first-order valence-electron chi connectivity index (χ1n) is 6.30. The van der Waals surface area contributed by atoms with Crippen LogP contribution in [0.25, 0.3) is 11.4 Å². The van der Waals surface area contributed by atoms with Crippen molar-refractivity contribution in [1.82, 2.24) is 25.5 Å². The molecule has 0 aliphatic rings. The monoisotopic (exact) mass is 259 g/mol. The summed E-state index contributed by atoms with van der Waals surface area (Å²) in [5.41, 5.74) is 2.07. The van der Waals surface area contributed by atoms with Crippen molar-refractivity contribution in [3.8, 4) is 11.4 Å². The van der Waals surface area contributed by atoms with E-state index in [1.807, 2.05) is 38.1 Å². The van der Waals surface area contributed by atoms with Crippen molar-refractivity contribution >= 4 is 5.91 Å². The lowest BCUT2D eigenvalue weighted by atomic mass is 10.1. The van der Waals surface area contributed by atoms with Gasteiger partial charge in [0.1, 0.15) is 6.54 Å². The summed E-state index contributed by atoms with van der Waals surface area (Å²) in [6, 6.07) is 7.86. The Morgan fingerprint density at radius 3 is 2.74 bits per heavy atom. The fourth-order valence-corrected chi connectivity index (χ4v) is 1.58. The summed E-state index contributed by atoms with van der Waals surface area (Å²) in [7, 11) is 0. The van der Waals surface area contributed by atoms with E-state index in [0.29, 0.717) is 12.4 Å². The van der Waals surface area contributed by atoms with Crippen molar-refractivity contribution in [1.29, 1.82) is 0 Å². The van der Waals surface area contributed by atoms with Crippen LogP contribution in [0.15, 0.2) is 24.3 Å². The number of carbonyl (C=O) groups is 1. The molecule has 0 atom stereocenters. The van der Waals surface area contributed by atoms with Gasteiger partial charge in [0.25, 0.3) is 0 Å². The molecule has 1 N–H and O–H groups in total. The van der Waals surface area contributed by atoms with Crippen molar-refractivity contribution in [3.05, 3.63) is 29.8 Å². The molecule has 19 heavy (non-hydrogen) atoms. The van der Waals surface area contributed by atoms with Gasteiger partial charge in [-0.25, -0.2) is 0 Å². The fraction of sp³-hybridized carbons (Fsp3) is 0.385. The van der Waals surface area contributed by atoms with Crippen LogP contribution in [-0.4, -0.2) is 32.7 Å². The van der Waals surface area contributed by atoms with Gasteiger partial charge in [0.2, 0.25) is 11.7 Å². The van der Waals surface area contributed by atoms with Gasteiger partial charge in [-0.2, -0.15) is 4.80 Å². The third-order valence-electron chi connectivity index (χ3n) is 2.62. The van der Waals surface area contributed by atoms with Gasteiger partial charge in [-0.3, -0.25) is 4.79 Å². The molecule has 1 heterocycles. The molecular formula is C13H17N5O. The molecule has 0 saturated heterocycles. The molecule has 0 saturated carbocycles. The van der Waals surface area contributed by atoms with Crippen molar-refractivity contribution in [2.45, 2.75) is 26.8 Å². The highest BCUT2D eigenvalue weighted by Gasteiger charge is 2.08. The quantitative estimate of drug-likeness (QED) is 0.875. The van der Waals surface area contributed by atoms with E-state index in [4.69, 9.17) is 0 Å². The first-order chi connectivity index (χ1) is 9.19. The molecule has 1 aromatic carbocycles. The first kappa shape index (κ1) is 13.2. The van der Waals surface area contributed by atoms with E-state index < -0.39 is 0 Å². The minimum atomic E-state index is -0.102. The maximum Gasteiger partial charge on any atom is 0.243 e. The van der Waals surface area contributed by atoms with Gasteiger partial charge in [-0.1, -0.05) is 36.8 Å². The molecule has 2 aromatic rings. The molecule has 0 bridgehead atoms. The summed E-state index contributed by atoms with van der Waals surface area (Å²) in [5.74, 6) is 0.429. The molecule has 1 amide bonds. The minimum Gasteiger partial charge on any atom is -0.354 e. The zero-order valence-electron chi connectivity index (χ0n) is 11.1. The summed E-state index contributed by atoms with van der Waals surface area (Å²) in [5, 5.41) is 14.8. The second-order valence-electron chi connectivity index (χ2n) is 4.36. The highest BCUT2D eigenvalue weighted by atomic mass is 16.2. The highest BCUT2D eigenvalue weighted by Crippen LogP contribution is 2.13. The zero-order chi connectivity index (χ0) is 13.7. The molecule has 1 aromatic heterocycles. The van der Waals surface area contributed by atoms with E-state index in [2.05, 4.69) is 20.7 Å². The largest absolute Gasteiger partial charge is 0.354 e. The number of benzene rings is 1. The molecule has 0 spiro atoms.